The second kappa shape index (κ2) is 34.8. The van der Waals surface area contributed by atoms with Crippen molar-refractivity contribution in [1.82, 2.24) is 44.9 Å². The molecule has 3 aliphatic rings. The fourth-order valence-electron chi connectivity index (χ4n) is 22.0. The Labute approximate surface area is 822 Å². The minimum absolute atomic E-state index is 0.671. The first kappa shape index (κ1) is 85.5. The van der Waals surface area contributed by atoms with Crippen molar-refractivity contribution in [3.63, 3.8) is 0 Å². The Balaban J connectivity index is 0.000000111. The van der Waals surface area contributed by atoms with E-state index in [-0.39, 0.29) is 0 Å². The fourth-order valence-corrected chi connectivity index (χ4v) is 32.3. The third kappa shape index (κ3) is 15.4. The van der Waals surface area contributed by atoms with Crippen molar-refractivity contribution in [2.45, 2.75) is 39.3 Å². The Bertz CT molecular complexity index is 9130. The number of fused-ring (bicyclic) bond motifs is 18. The standard InChI is InChI=1S/3C43H31N3Si/c1-47(2)38-19-11-18-37(39(38)36-25-24-29-14-9-10-17-35(29)40(36)47)43-45-41(30-15-7-4-8-16-30)44-42(46-43)34-23-22-32-26-31(20-21-33(32)27-34)28-12-5-3-6-13-28;1-47(2)39-27-35(22-23-37(39)38-24-21-29-13-9-10-16-36(29)40(38)47)43-45-41(30-14-7-4-8-15-30)44-42(46-43)34-20-19-32-25-31(17-18-33(32)26-34)28-11-5-3-6-12-28;1-47(2)39-24-22-35(27-38(39)37-23-21-29-13-9-10-16-36(29)40(37)47)43-45-41(30-14-7-4-8-15-30)44-42(46-43)34-20-19-32-25-31(17-18-33(32)26-34)28-11-5-3-6-12-28/h3*3-27H,1-2H3. The molecule has 12 heteroatoms. The van der Waals surface area contributed by atoms with Gasteiger partial charge in [-0.1, -0.05) is 452 Å². The predicted molar refractivity (Wildman–Crippen MR) is 596 cm³/mol. The molecular formula is C129H93N9Si3. The maximum absolute atomic E-state index is 5.23. The second-order valence-electron chi connectivity index (χ2n) is 38.7. The highest BCUT2D eigenvalue weighted by atomic mass is 28.3. The largest absolute Gasteiger partial charge is 0.208 e. The molecular weight excluding hydrogens is 1760 g/mol. The molecule has 3 aromatic heterocycles. The number of nitrogens with zero attached hydrogens (tertiary/aromatic N) is 9. The molecule has 666 valence electrons. The van der Waals surface area contributed by atoms with Crippen LogP contribution < -0.4 is 31.1 Å². The van der Waals surface area contributed by atoms with E-state index < -0.39 is 24.2 Å². The molecule has 0 unspecified atom stereocenters. The number of rotatable bonds is 12. The quantitative estimate of drug-likeness (QED) is 0.110. The minimum Gasteiger partial charge on any atom is -0.208 e. The third-order valence-electron chi connectivity index (χ3n) is 29.0. The van der Waals surface area contributed by atoms with Gasteiger partial charge in [0.15, 0.2) is 52.4 Å². The van der Waals surface area contributed by atoms with Crippen molar-refractivity contribution < 1.29 is 0 Å². The van der Waals surface area contributed by atoms with Crippen LogP contribution in [-0.2, 0) is 0 Å². The third-order valence-corrected chi connectivity index (χ3v) is 39.7. The molecule has 0 N–H and O–H groups in total. The van der Waals surface area contributed by atoms with Crippen LogP contribution in [0.15, 0.2) is 455 Å². The summed E-state index contributed by atoms with van der Waals surface area (Å²) in [6, 6.07) is 162. The van der Waals surface area contributed by atoms with Crippen molar-refractivity contribution in [2.24, 2.45) is 0 Å². The van der Waals surface area contributed by atoms with Crippen LogP contribution in [0.3, 0.4) is 0 Å². The summed E-state index contributed by atoms with van der Waals surface area (Å²) in [5.41, 5.74) is 24.1. The molecule has 24 aromatic rings. The Morgan fingerprint density at radius 1 is 0.135 bits per heavy atom. The molecule has 0 saturated heterocycles. The van der Waals surface area contributed by atoms with Crippen molar-refractivity contribution in [2.75, 3.05) is 0 Å². The van der Waals surface area contributed by atoms with E-state index in [1.54, 1.807) is 0 Å². The summed E-state index contributed by atoms with van der Waals surface area (Å²) < 4.78 is 0. The average Bonchev–Trinajstić information content (AvgIpc) is 1.55. The monoisotopic (exact) mass is 1850 g/mol. The van der Waals surface area contributed by atoms with Crippen molar-refractivity contribution in [1.29, 1.82) is 0 Å². The van der Waals surface area contributed by atoms with Crippen molar-refractivity contribution in [3.8, 4) is 169 Å². The molecule has 0 atom stereocenters. The zero-order valence-corrected chi connectivity index (χ0v) is 81.8. The fraction of sp³-hybridized carbons (Fsp3) is 0.0465. The van der Waals surface area contributed by atoms with Gasteiger partial charge in [-0.05, 0) is 205 Å². The lowest BCUT2D eigenvalue weighted by molar-refractivity contribution is 1.07. The van der Waals surface area contributed by atoms with E-state index in [0.717, 1.165) is 66.2 Å². The van der Waals surface area contributed by atoms with Gasteiger partial charge in [0.1, 0.15) is 24.2 Å². The van der Waals surface area contributed by atoms with E-state index in [0.29, 0.717) is 52.4 Å². The normalized spacial score (nSPS) is 13.1. The van der Waals surface area contributed by atoms with E-state index in [2.05, 4.69) is 440 Å². The molecule has 0 fully saturated rings. The Morgan fingerprint density at radius 2 is 0.390 bits per heavy atom. The highest BCUT2D eigenvalue weighted by molar-refractivity contribution is 7.06. The summed E-state index contributed by atoms with van der Waals surface area (Å²) >= 11 is 0. The van der Waals surface area contributed by atoms with Gasteiger partial charge in [-0.15, -0.1) is 0 Å². The van der Waals surface area contributed by atoms with Crippen LogP contribution in [0.2, 0.25) is 39.3 Å². The molecule has 6 heterocycles. The van der Waals surface area contributed by atoms with Gasteiger partial charge in [0.2, 0.25) is 0 Å². The Kier molecular flexibility index (Phi) is 21.1. The molecule has 0 saturated carbocycles. The SMILES string of the molecule is C[Si]1(C)c2cc(-c3nc(-c4ccccc4)nc(-c4ccc5cc(-c6ccccc6)ccc5c4)n3)ccc2-c2ccc3ccccc3c21.C[Si]1(C)c2ccc(-c3nc(-c4ccccc4)nc(-c4ccc5cc(-c6ccccc6)ccc5c4)n3)cc2-c2ccc3ccccc3c21.C[Si]1(C)c2cccc(-c3nc(-c4ccccc4)nc(-c4ccc5cc(-c6ccccc6)ccc5c4)n3)c2-c2ccc3ccccc3c21. The van der Waals surface area contributed by atoms with Crippen LogP contribution in [-0.4, -0.2) is 69.1 Å². The van der Waals surface area contributed by atoms with Crippen molar-refractivity contribution in [3.05, 3.63) is 455 Å². The highest BCUT2D eigenvalue weighted by Gasteiger charge is 2.43. The van der Waals surface area contributed by atoms with Crippen LogP contribution >= 0.6 is 0 Å². The smallest absolute Gasteiger partial charge is 0.164 e. The lowest BCUT2D eigenvalue weighted by Gasteiger charge is -2.21. The van der Waals surface area contributed by atoms with Gasteiger partial charge in [-0.2, -0.15) is 0 Å². The number of benzene rings is 21. The number of aromatic nitrogens is 9. The average molecular weight is 1850 g/mol. The minimum atomic E-state index is -2.00. The van der Waals surface area contributed by atoms with Gasteiger partial charge in [0, 0.05) is 50.1 Å². The number of hydrogen-bond acceptors (Lipinski definition) is 9. The van der Waals surface area contributed by atoms with Gasteiger partial charge in [-0.25, -0.2) is 44.9 Å². The molecule has 27 rings (SSSR count). The molecule has 0 amide bonds. The number of hydrogen-bond donors (Lipinski definition) is 0. The van der Waals surface area contributed by atoms with E-state index >= 15 is 0 Å². The van der Waals surface area contributed by atoms with E-state index in [1.165, 1.54) is 146 Å². The van der Waals surface area contributed by atoms with Crippen LogP contribution in [0.1, 0.15) is 0 Å². The van der Waals surface area contributed by atoms with Crippen LogP contribution in [0.4, 0.5) is 0 Å². The Morgan fingerprint density at radius 3 is 0.773 bits per heavy atom. The first-order chi connectivity index (χ1) is 69.1. The van der Waals surface area contributed by atoms with Crippen LogP contribution in [0, 0.1) is 0 Å². The molecule has 0 radical (unpaired) electrons. The highest BCUT2D eigenvalue weighted by Crippen LogP contribution is 2.44. The van der Waals surface area contributed by atoms with Gasteiger partial charge in [0.25, 0.3) is 0 Å². The van der Waals surface area contributed by atoms with Gasteiger partial charge >= 0.3 is 0 Å². The molecule has 21 aromatic carbocycles. The first-order valence-electron chi connectivity index (χ1n) is 48.4. The van der Waals surface area contributed by atoms with Crippen LogP contribution in [0.25, 0.3) is 234 Å². The second-order valence-corrected chi connectivity index (χ2v) is 51.6. The molecule has 9 nitrogen and oxygen atoms in total. The lowest BCUT2D eigenvalue weighted by atomic mass is 9.96. The van der Waals surface area contributed by atoms with E-state index in [4.69, 9.17) is 44.9 Å². The summed E-state index contributed by atoms with van der Waals surface area (Å²) in [5, 5.41) is 23.9. The van der Waals surface area contributed by atoms with Gasteiger partial charge in [0.05, 0.1) is 0 Å². The molecule has 0 spiro atoms. The first-order valence-corrected chi connectivity index (χ1v) is 57.4. The van der Waals surface area contributed by atoms with Crippen molar-refractivity contribution >= 4 is 120 Å². The maximum Gasteiger partial charge on any atom is 0.164 e. The zero-order chi connectivity index (χ0) is 94.6. The predicted octanol–water partition coefficient (Wildman–Crippen LogP) is 28.9. The lowest BCUT2D eigenvalue weighted by Crippen LogP contribution is -2.49. The van der Waals surface area contributed by atoms with Gasteiger partial charge < -0.3 is 0 Å². The van der Waals surface area contributed by atoms with E-state index in [1.807, 2.05) is 54.6 Å². The topological polar surface area (TPSA) is 116 Å². The summed E-state index contributed by atoms with van der Waals surface area (Å²) in [5.74, 6) is 6.13. The maximum atomic E-state index is 5.23. The summed E-state index contributed by atoms with van der Waals surface area (Å²) in [6.07, 6.45) is 0. The van der Waals surface area contributed by atoms with E-state index in [9.17, 15) is 0 Å². The summed E-state index contributed by atoms with van der Waals surface area (Å²) in [6.45, 7) is 14.8. The molecule has 0 aliphatic carbocycles. The molecule has 0 bridgehead atoms. The Hall–Kier alpha value is -17.1. The zero-order valence-electron chi connectivity index (χ0n) is 78.8. The molecule has 3 aliphatic heterocycles. The van der Waals surface area contributed by atoms with Crippen LogP contribution in [0.5, 0.6) is 0 Å². The van der Waals surface area contributed by atoms with Gasteiger partial charge in [-0.3, -0.25) is 0 Å². The molecule has 141 heavy (non-hydrogen) atoms. The summed E-state index contributed by atoms with van der Waals surface area (Å²) in [7, 11) is -5.89. The summed E-state index contributed by atoms with van der Waals surface area (Å²) in [4.78, 5) is 45.9.